The fourth-order valence-corrected chi connectivity index (χ4v) is 3.67. The molecule has 0 unspecified atom stereocenters. The molecule has 2 aromatic carbocycles. The first-order chi connectivity index (χ1) is 11.2. The number of amides is 1. The van der Waals surface area contributed by atoms with Crippen molar-refractivity contribution in [3.63, 3.8) is 0 Å². The number of anilines is 1. The van der Waals surface area contributed by atoms with Crippen LogP contribution in [0.2, 0.25) is 0 Å². The number of hydrogen-bond acceptors (Lipinski definition) is 4. The molecule has 5 nitrogen and oxygen atoms in total. The summed E-state index contributed by atoms with van der Waals surface area (Å²) in [4.78, 5) is 19.7. The molecule has 0 aliphatic heterocycles. The number of para-hydroxylation sites is 2. The number of carbonyl (C=O) groups is 1. The Kier molecular flexibility index (Phi) is 3.44. The Hall–Kier alpha value is -2.51. The quantitative estimate of drug-likeness (QED) is 0.555. The molecular formula is C16H12N4OS2. The zero-order valence-corrected chi connectivity index (χ0v) is 13.6. The molecule has 0 saturated carbocycles. The van der Waals surface area contributed by atoms with Crippen LogP contribution in [0.3, 0.4) is 0 Å². The number of aromatic amines is 1. The van der Waals surface area contributed by atoms with Gasteiger partial charge < -0.3 is 14.9 Å². The maximum absolute atomic E-state index is 12.3. The first-order valence-corrected chi connectivity index (χ1v) is 8.24. The van der Waals surface area contributed by atoms with Crippen molar-refractivity contribution in [3.8, 4) is 0 Å². The highest BCUT2D eigenvalue weighted by atomic mass is 32.1. The molecule has 4 aromatic rings. The normalized spacial score (nSPS) is 11.1. The van der Waals surface area contributed by atoms with E-state index >= 15 is 0 Å². The first-order valence-electron chi connectivity index (χ1n) is 7.02. The lowest BCUT2D eigenvalue weighted by Crippen LogP contribution is -2.18. The summed E-state index contributed by atoms with van der Waals surface area (Å²) in [5.74, 6) is -0.0911. The average molecular weight is 340 g/mol. The van der Waals surface area contributed by atoms with Crippen LogP contribution in [0, 0.1) is 3.95 Å². The van der Waals surface area contributed by atoms with Crippen molar-refractivity contribution in [1.82, 2.24) is 14.5 Å². The highest BCUT2D eigenvalue weighted by molar-refractivity contribution is 7.73. The van der Waals surface area contributed by atoms with Crippen LogP contribution in [0.5, 0.6) is 0 Å². The van der Waals surface area contributed by atoms with Gasteiger partial charge in [-0.2, -0.15) is 0 Å². The number of fused-ring (bicyclic) bond motifs is 2. The molecule has 0 bridgehead atoms. The van der Waals surface area contributed by atoms with Gasteiger partial charge in [0.05, 0.1) is 27.6 Å². The summed E-state index contributed by atoms with van der Waals surface area (Å²) < 4.78 is 3.60. The molecular weight excluding hydrogens is 328 g/mol. The zero-order valence-electron chi connectivity index (χ0n) is 11.9. The minimum absolute atomic E-state index is 0.0911. The second-order valence-electron chi connectivity index (χ2n) is 5.13. The molecule has 2 aromatic heterocycles. The van der Waals surface area contributed by atoms with Crippen molar-refractivity contribution in [2.45, 2.75) is 6.54 Å². The minimum Gasteiger partial charge on any atom is -0.337 e. The van der Waals surface area contributed by atoms with Gasteiger partial charge in [0.25, 0.3) is 0 Å². The lowest BCUT2D eigenvalue weighted by Gasteiger charge is -2.07. The molecule has 0 aliphatic carbocycles. The minimum atomic E-state index is -0.0911. The maximum atomic E-state index is 12.3. The molecule has 0 aliphatic rings. The molecule has 0 spiro atoms. The van der Waals surface area contributed by atoms with Crippen LogP contribution in [-0.4, -0.2) is 20.4 Å². The van der Waals surface area contributed by atoms with Gasteiger partial charge in [0.15, 0.2) is 3.95 Å². The lowest BCUT2D eigenvalue weighted by molar-refractivity contribution is -0.116. The number of nitrogens with zero attached hydrogens (tertiary/aromatic N) is 2. The van der Waals surface area contributed by atoms with Gasteiger partial charge in [-0.15, -0.1) is 11.3 Å². The summed E-state index contributed by atoms with van der Waals surface area (Å²) >= 11 is 6.62. The van der Waals surface area contributed by atoms with E-state index in [4.69, 9.17) is 12.2 Å². The van der Waals surface area contributed by atoms with Gasteiger partial charge in [0, 0.05) is 5.69 Å². The molecule has 0 atom stereocenters. The van der Waals surface area contributed by atoms with E-state index in [1.165, 1.54) is 11.3 Å². The number of benzene rings is 2. The van der Waals surface area contributed by atoms with Gasteiger partial charge in [0.1, 0.15) is 6.54 Å². The van der Waals surface area contributed by atoms with Crippen LogP contribution in [0.25, 0.3) is 21.3 Å². The van der Waals surface area contributed by atoms with E-state index in [1.54, 1.807) is 6.33 Å². The van der Waals surface area contributed by atoms with Crippen molar-refractivity contribution in [3.05, 3.63) is 52.7 Å². The number of hydrogen-bond donors (Lipinski definition) is 2. The molecule has 114 valence electrons. The van der Waals surface area contributed by atoms with Gasteiger partial charge >= 0.3 is 0 Å². The molecule has 2 N–H and O–H groups in total. The number of rotatable bonds is 3. The Balaban J connectivity index is 1.55. The largest absolute Gasteiger partial charge is 0.337 e. The summed E-state index contributed by atoms with van der Waals surface area (Å²) in [5.41, 5.74) is 3.58. The van der Waals surface area contributed by atoms with E-state index < -0.39 is 0 Å². The number of thiazole rings is 1. The summed E-state index contributed by atoms with van der Waals surface area (Å²) in [6, 6.07) is 13.5. The first kappa shape index (κ1) is 14.1. The number of carbonyl (C=O) groups excluding carboxylic acids is 1. The Morgan fingerprint density at radius 1 is 1.30 bits per heavy atom. The second-order valence-corrected chi connectivity index (χ2v) is 6.85. The van der Waals surface area contributed by atoms with E-state index in [-0.39, 0.29) is 12.5 Å². The zero-order chi connectivity index (χ0) is 15.8. The van der Waals surface area contributed by atoms with E-state index in [9.17, 15) is 4.79 Å². The standard InChI is InChI=1S/C16H12N4OS2/c21-15(8-20-9-17-11-3-1-2-4-13(11)20)18-10-5-6-12-14(7-10)23-16(22)19-12/h1-7,9H,8H2,(H,18,21)(H,19,22). The molecule has 4 rings (SSSR count). The average Bonchev–Trinajstić information content (AvgIpc) is 3.10. The van der Waals surface area contributed by atoms with Crippen LogP contribution in [0.1, 0.15) is 0 Å². The summed E-state index contributed by atoms with van der Waals surface area (Å²) in [5, 5.41) is 2.92. The molecule has 0 radical (unpaired) electrons. The Morgan fingerprint density at radius 3 is 3.09 bits per heavy atom. The summed E-state index contributed by atoms with van der Waals surface area (Å²) in [6.07, 6.45) is 1.69. The van der Waals surface area contributed by atoms with E-state index in [0.717, 1.165) is 30.9 Å². The van der Waals surface area contributed by atoms with Crippen LogP contribution in [0.15, 0.2) is 48.8 Å². The third kappa shape index (κ3) is 2.76. The van der Waals surface area contributed by atoms with Gasteiger partial charge in [-0.1, -0.05) is 12.1 Å². The second kappa shape index (κ2) is 5.60. The molecule has 7 heteroatoms. The maximum Gasteiger partial charge on any atom is 0.244 e. The SMILES string of the molecule is O=C(Cn1cnc2ccccc21)Nc1ccc2[nH]c(=S)sc2c1. The Morgan fingerprint density at radius 2 is 2.17 bits per heavy atom. The highest BCUT2D eigenvalue weighted by Gasteiger charge is 2.08. The molecule has 2 heterocycles. The molecule has 0 saturated heterocycles. The van der Waals surface area contributed by atoms with Crippen LogP contribution < -0.4 is 5.32 Å². The fraction of sp³-hybridized carbons (Fsp3) is 0.0625. The number of H-pyrrole nitrogens is 1. The highest BCUT2D eigenvalue weighted by Crippen LogP contribution is 2.23. The fourth-order valence-electron chi connectivity index (χ4n) is 2.51. The number of imidazole rings is 1. The van der Waals surface area contributed by atoms with E-state index in [2.05, 4.69) is 15.3 Å². The third-order valence-corrected chi connectivity index (χ3v) is 4.74. The smallest absolute Gasteiger partial charge is 0.244 e. The van der Waals surface area contributed by atoms with Crippen molar-refractivity contribution in [2.24, 2.45) is 0 Å². The van der Waals surface area contributed by atoms with Gasteiger partial charge in [-0.3, -0.25) is 4.79 Å². The summed E-state index contributed by atoms with van der Waals surface area (Å²) in [6.45, 7) is 0.224. The van der Waals surface area contributed by atoms with Crippen LogP contribution >= 0.6 is 23.6 Å². The number of aromatic nitrogens is 3. The topological polar surface area (TPSA) is 62.7 Å². The Labute approximate surface area is 140 Å². The monoisotopic (exact) mass is 340 g/mol. The van der Waals surface area contributed by atoms with E-state index in [0.29, 0.717) is 0 Å². The molecule has 1 amide bonds. The van der Waals surface area contributed by atoms with Crippen molar-refractivity contribution < 1.29 is 4.79 Å². The predicted molar refractivity (Wildman–Crippen MR) is 95.4 cm³/mol. The lowest BCUT2D eigenvalue weighted by atomic mass is 10.3. The van der Waals surface area contributed by atoms with Crippen LogP contribution in [0.4, 0.5) is 5.69 Å². The van der Waals surface area contributed by atoms with Gasteiger partial charge in [-0.05, 0) is 42.5 Å². The van der Waals surface area contributed by atoms with Crippen molar-refractivity contribution in [2.75, 3.05) is 5.32 Å². The van der Waals surface area contributed by atoms with Crippen molar-refractivity contribution >= 4 is 56.4 Å². The van der Waals surface area contributed by atoms with E-state index in [1.807, 2.05) is 47.0 Å². The van der Waals surface area contributed by atoms with Gasteiger partial charge in [0.2, 0.25) is 5.91 Å². The van der Waals surface area contributed by atoms with Gasteiger partial charge in [-0.25, -0.2) is 4.98 Å². The third-order valence-electron chi connectivity index (χ3n) is 3.55. The predicted octanol–water partition coefficient (Wildman–Crippen LogP) is 3.95. The Bertz CT molecular complexity index is 1080. The molecule has 23 heavy (non-hydrogen) atoms. The van der Waals surface area contributed by atoms with Crippen LogP contribution in [-0.2, 0) is 11.3 Å². The van der Waals surface area contributed by atoms with Crippen molar-refractivity contribution in [1.29, 1.82) is 0 Å². The summed E-state index contributed by atoms with van der Waals surface area (Å²) in [7, 11) is 0. The molecule has 0 fully saturated rings. The number of nitrogens with one attached hydrogen (secondary N) is 2.